The van der Waals surface area contributed by atoms with E-state index < -0.39 is 5.41 Å². The Labute approximate surface area is 117 Å². The number of allylic oxidation sites excluding steroid dienone is 1. The van der Waals surface area contributed by atoms with Crippen molar-refractivity contribution in [3.63, 3.8) is 0 Å². The highest BCUT2D eigenvalue weighted by molar-refractivity contribution is 5.34. The third-order valence-electron chi connectivity index (χ3n) is 4.08. The molecule has 0 saturated carbocycles. The van der Waals surface area contributed by atoms with E-state index in [1.807, 2.05) is 13.8 Å². The predicted molar refractivity (Wildman–Crippen MR) is 76.7 cm³/mol. The van der Waals surface area contributed by atoms with Crippen LogP contribution in [-0.2, 0) is 4.74 Å². The number of aliphatic hydroxyl groups is 1. The largest absolute Gasteiger partial charge is 0.511 e. The van der Waals surface area contributed by atoms with Crippen LogP contribution in [0, 0.1) is 22.2 Å². The zero-order valence-corrected chi connectivity index (χ0v) is 12.9. The minimum absolute atomic E-state index is 0.000949. The maximum atomic E-state index is 10.1. The summed E-state index contributed by atoms with van der Waals surface area (Å²) < 4.78 is 5.86. The van der Waals surface area contributed by atoms with E-state index in [9.17, 15) is 5.11 Å². The summed E-state index contributed by atoms with van der Waals surface area (Å²) in [6.45, 7) is 11.1. The Morgan fingerprint density at radius 2 is 1.95 bits per heavy atom. The molecule has 1 N–H and O–H groups in total. The van der Waals surface area contributed by atoms with Crippen molar-refractivity contribution in [2.24, 2.45) is 10.8 Å². The molecule has 0 spiro atoms. The van der Waals surface area contributed by atoms with Crippen LogP contribution in [-0.4, -0.2) is 17.8 Å². The van der Waals surface area contributed by atoms with Gasteiger partial charge in [-0.2, -0.15) is 5.26 Å². The first kappa shape index (κ1) is 16.0. The van der Waals surface area contributed by atoms with Crippen LogP contribution in [0.5, 0.6) is 0 Å². The average Bonchev–Trinajstić information content (AvgIpc) is 2.35. The molecule has 0 bridgehead atoms. The molecular formula is C16H27NO2. The summed E-state index contributed by atoms with van der Waals surface area (Å²) in [5.41, 5.74) is 0.0894. The molecule has 2 rings (SSSR count). The molecule has 3 nitrogen and oxygen atoms in total. The number of rotatable bonds is 0. The first-order chi connectivity index (χ1) is 8.83. The van der Waals surface area contributed by atoms with Crippen LogP contribution in [0.1, 0.15) is 60.3 Å². The lowest BCUT2D eigenvalue weighted by Gasteiger charge is -2.51. The van der Waals surface area contributed by atoms with Crippen molar-refractivity contribution in [2.45, 2.75) is 66.4 Å². The quantitative estimate of drug-likeness (QED) is 0.708. The highest BCUT2D eigenvalue weighted by atomic mass is 16.5. The molecule has 1 heterocycles. The van der Waals surface area contributed by atoms with E-state index in [1.165, 1.54) is 6.42 Å². The summed E-state index contributed by atoms with van der Waals surface area (Å²) >= 11 is 0. The van der Waals surface area contributed by atoms with Crippen LogP contribution in [0.3, 0.4) is 0 Å². The minimum Gasteiger partial charge on any atom is -0.511 e. The van der Waals surface area contributed by atoms with Gasteiger partial charge in [-0.25, -0.2) is 0 Å². The number of nitrogens with zero attached hydrogens (tertiary/aromatic N) is 1. The standard InChI is InChI=1S/C13H19NO2.C3H8/c1-12(2)10(15)9(8-14)7-13(3)5-4-6-16-11(12)13;1-3-2/h11,15H,4-7H2,1-3H3;3H2,1-2H3. The third-order valence-corrected chi connectivity index (χ3v) is 4.08. The van der Waals surface area contributed by atoms with E-state index in [0.717, 1.165) is 19.4 Å². The van der Waals surface area contributed by atoms with Crippen molar-refractivity contribution >= 4 is 0 Å². The van der Waals surface area contributed by atoms with E-state index in [0.29, 0.717) is 12.0 Å². The van der Waals surface area contributed by atoms with Crippen molar-refractivity contribution < 1.29 is 9.84 Å². The molecule has 0 amide bonds. The van der Waals surface area contributed by atoms with Gasteiger partial charge in [0.25, 0.3) is 0 Å². The van der Waals surface area contributed by atoms with E-state index in [4.69, 9.17) is 10.00 Å². The molecule has 0 aromatic carbocycles. The number of aliphatic hydroxyl groups excluding tert-OH is 1. The van der Waals surface area contributed by atoms with Gasteiger partial charge < -0.3 is 9.84 Å². The van der Waals surface area contributed by atoms with Gasteiger partial charge in [-0.3, -0.25) is 0 Å². The second-order valence-electron chi connectivity index (χ2n) is 6.55. The lowest BCUT2D eigenvalue weighted by atomic mass is 9.60. The van der Waals surface area contributed by atoms with Crippen molar-refractivity contribution in [1.82, 2.24) is 0 Å². The van der Waals surface area contributed by atoms with Crippen LogP contribution in [0.25, 0.3) is 0 Å². The van der Waals surface area contributed by atoms with Crippen molar-refractivity contribution in [3.05, 3.63) is 11.3 Å². The number of hydrogen-bond acceptors (Lipinski definition) is 3. The fourth-order valence-electron chi connectivity index (χ4n) is 3.36. The summed E-state index contributed by atoms with van der Waals surface area (Å²) in [4.78, 5) is 0. The molecule has 1 saturated heterocycles. The molecule has 0 aromatic heterocycles. The summed E-state index contributed by atoms with van der Waals surface area (Å²) in [7, 11) is 0. The maximum Gasteiger partial charge on any atom is 0.114 e. The molecule has 108 valence electrons. The highest BCUT2D eigenvalue weighted by Gasteiger charge is 2.52. The molecule has 3 heteroatoms. The highest BCUT2D eigenvalue weighted by Crippen LogP contribution is 2.53. The fourth-order valence-corrected chi connectivity index (χ4v) is 3.36. The topological polar surface area (TPSA) is 53.2 Å². The minimum atomic E-state index is -0.446. The Balaban J connectivity index is 0.000000550. The van der Waals surface area contributed by atoms with Gasteiger partial charge in [-0.1, -0.05) is 41.0 Å². The number of fused-ring (bicyclic) bond motifs is 1. The molecule has 0 aromatic rings. The van der Waals surface area contributed by atoms with Gasteiger partial charge in [0.1, 0.15) is 5.76 Å². The maximum absolute atomic E-state index is 10.1. The first-order valence-electron chi connectivity index (χ1n) is 7.27. The van der Waals surface area contributed by atoms with Crippen LogP contribution < -0.4 is 0 Å². The Hall–Kier alpha value is -1.01. The lowest BCUT2D eigenvalue weighted by molar-refractivity contribution is -0.140. The second kappa shape index (κ2) is 5.96. The van der Waals surface area contributed by atoms with Gasteiger partial charge in [0.05, 0.1) is 17.7 Å². The number of hydrogen-bond donors (Lipinski definition) is 1. The molecule has 1 aliphatic heterocycles. The van der Waals surface area contributed by atoms with Crippen molar-refractivity contribution in [1.29, 1.82) is 5.26 Å². The van der Waals surface area contributed by atoms with Crippen LogP contribution in [0.15, 0.2) is 11.3 Å². The van der Waals surface area contributed by atoms with Crippen molar-refractivity contribution in [2.75, 3.05) is 6.61 Å². The number of nitriles is 1. The first-order valence-corrected chi connectivity index (χ1v) is 7.27. The average molecular weight is 265 g/mol. The van der Waals surface area contributed by atoms with Gasteiger partial charge in [0, 0.05) is 12.0 Å². The lowest BCUT2D eigenvalue weighted by Crippen LogP contribution is -2.52. The van der Waals surface area contributed by atoms with Gasteiger partial charge in [0.2, 0.25) is 0 Å². The van der Waals surface area contributed by atoms with Crippen LogP contribution >= 0.6 is 0 Å². The van der Waals surface area contributed by atoms with Crippen LogP contribution in [0.2, 0.25) is 0 Å². The normalized spacial score (nSPS) is 32.7. The van der Waals surface area contributed by atoms with E-state index in [1.54, 1.807) is 0 Å². The molecular weight excluding hydrogens is 238 g/mol. The number of ether oxygens (including phenoxy) is 1. The molecule has 1 fully saturated rings. The van der Waals surface area contributed by atoms with Gasteiger partial charge in [-0.05, 0) is 24.7 Å². The van der Waals surface area contributed by atoms with Gasteiger partial charge >= 0.3 is 0 Å². The SMILES string of the molecule is CC12CCCOC1C(C)(C)C(O)=C(C#N)C2.CCC. The Morgan fingerprint density at radius 3 is 2.47 bits per heavy atom. The predicted octanol–water partition coefficient (Wildman–Crippen LogP) is 4.35. The summed E-state index contributed by atoms with van der Waals surface area (Å²) in [5.74, 6) is 0.222. The van der Waals surface area contributed by atoms with Crippen molar-refractivity contribution in [3.8, 4) is 6.07 Å². The van der Waals surface area contributed by atoms with Gasteiger partial charge in [0.15, 0.2) is 0 Å². The van der Waals surface area contributed by atoms with E-state index >= 15 is 0 Å². The zero-order valence-electron chi connectivity index (χ0n) is 12.9. The molecule has 1 aliphatic carbocycles. The van der Waals surface area contributed by atoms with E-state index in [-0.39, 0.29) is 17.3 Å². The molecule has 0 radical (unpaired) electrons. The molecule has 2 atom stereocenters. The summed E-state index contributed by atoms with van der Waals surface area (Å²) in [6.07, 6.45) is 4.02. The Morgan fingerprint density at radius 1 is 1.37 bits per heavy atom. The van der Waals surface area contributed by atoms with Crippen LogP contribution in [0.4, 0.5) is 0 Å². The summed E-state index contributed by atoms with van der Waals surface area (Å²) in [6, 6.07) is 2.14. The summed E-state index contributed by atoms with van der Waals surface area (Å²) in [5, 5.41) is 19.2. The smallest absolute Gasteiger partial charge is 0.114 e. The van der Waals surface area contributed by atoms with E-state index in [2.05, 4.69) is 26.8 Å². The third kappa shape index (κ3) is 2.95. The Kier molecular flexibility index (Phi) is 5.04. The molecule has 2 aliphatic rings. The molecule has 19 heavy (non-hydrogen) atoms. The Bertz CT molecular complexity index is 392. The van der Waals surface area contributed by atoms with Gasteiger partial charge in [-0.15, -0.1) is 0 Å². The fraction of sp³-hybridized carbons (Fsp3) is 0.812. The second-order valence-corrected chi connectivity index (χ2v) is 6.55. The monoisotopic (exact) mass is 265 g/mol. The molecule has 2 unspecified atom stereocenters. The zero-order chi connectivity index (χ0) is 14.7.